The molecule has 1 aromatic carbocycles. The van der Waals surface area contributed by atoms with Crippen LogP contribution in [-0.4, -0.2) is 36.7 Å². The molecule has 0 N–H and O–H groups in total. The van der Waals surface area contributed by atoms with Crippen molar-refractivity contribution in [2.24, 2.45) is 0 Å². The van der Waals surface area contributed by atoms with Gasteiger partial charge in [0.1, 0.15) is 0 Å². The summed E-state index contributed by atoms with van der Waals surface area (Å²) in [6, 6.07) is 11.5. The maximum absolute atomic E-state index is 13.5. The van der Waals surface area contributed by atoms with Crippen LogP contribution in [0.2, 0.25) is 0 Å². The van der Waals surface area contributed by atoms with Crippen LogP contribution in [0, 0.1) is 0 Å². The van der Waals surface area contributed by atoms with Gasteiger partial charge in [0.15, 0.2) is 0 Å². The SMILES string of the molecule is O=C(c1cccc2ncccc12)N1CCCCC1c1ccn2ccnc2n1. The third-order valence-electron chi connectivity index (χ3n) is 5.26. The average Bonchev–Trinajstić information content (AvgIpc) is 3.21. The second kappa shape index (κ2) is 6.46. The molecule has 6 nitrogen and oxygen atoms in total. The van der Waals surface area contributed by atoms with Gasteiger partial charge in [-0.05, 0) is 43.5 Å². The number of carbonyl (C=O) groups excluding carboxylic acids is 1. The number of piperidine rings is 1. The topological polar surface area (TPSA) is 63.4 Å². The predicted molar refractivity (Wildman–Crippen MR) is 102 cm³/mol. The van der Waals surface area contributed by atoms with Crippen molar-refractivity contribution in [3.8, 4) is 0 Å². The summed E-state index contributed by atoms with van der Waals surface area (Å²) in [6.07, 6.45) is 10.3. The lowest BCUT2D eigenvalue weighted by molar-refractivity contribution is 0.0608. The van der Waals surface area contributed by atoms with Gasteiger partial charge in [-0.25, -0.2) is 9.97 Å². The van der Waals surface area contributed by atoms with Crippen LogP contribution in [0.3, 0.4) is 0 Å². The summed E-state index contributed by atoms with van der Waals surface area (Å²) in [5.74, 6) is 0.711. The van der Waals surface area contributed by atoms with Crippen molar-refractivity contribution >= 4 is 22.6 Å². The van der Waals surface area contributed by atoms with E-state index in [0.717, 1.165) is 42.4 Å². The van der Waals surface area contributed by atoms with Gasteiger partial charge in [-0.15, -0.1) is 0 Å². The third kappa shape index (κ3) is 2.73. The Hall–Kier alpha value is -3.28. The summed E-state index contributed by atoms with van der Waals surface area (Å²) in [6.45, 7) is 0.738. The standard InChI is InChI=1S/C21H19N5O/c27-20(16-5-3-7-17-15(16)6-4-10-22-17)26-12-2-1-8-19(26)18-9-13-25-14-11-23-21(25)24-18/h3-7,9-11,13-14,19H,1-2,8,12H2. The highest BCUT2D eigenvalue weighted by Crippen LogP contribution is 2.32. The molecule has 27 heavy (non-hydrogen) atoms. The Morgan fingerprint density at radius 3 is 2.93 bits per heavy atom. The summed E-state index contributed by atoms with van der Waals surface area (Å²) >= 11 is 0. The van der Waals surface area contributed by atoms with Crippen molar-refractivity contribution < 1.29 is 4.79 Å². The number of amides is 1. The highest BCUT2D eigenvalue weighted by atomic mass is 16.2. The largest absolute Gasteiger partial charge is 0.330 e. The molecule has 0 spiro atoms. The molecule has 1 atom stereocenters. The van der Waals surface area contributed by atoms with Gasteiger partial charge >= 0.3 is 0 Å². The maximum Gasteiger partial charge on any atom is 0.255 e. The van der Waals surface area contributed by atoms with E-state index in [9.17, 15) is 4.79 Å². The summed E-state index contributed by atoms with van der Waals surface area (Å²) in [7, 11) is 0. The van der Waals surface area contributed by atoms with E-state index in [1.54, 1.807) is 12.4 Å². The molecular weight excluding hydrogens is 338 g/mol. The van der Waals surface area contributed by atoms with Crippen molar-refractivity contribution in [3.05, 3.63) is 72.4 Å². The third-order valence-corrected chi connectivity index (χ3v) is 5.26. The first kappa shape index (κ1) is 15.9. The molecule has 0 radical (unpaired) electrons. The van der Waals surface area contributed by atoms with E-state index < -0.39 is 0 Å². The minimum Gasteiger partial charge on any atom is -0.330 e. The maximum atomic E-state index is 13.5. The summed E-state index contributed by atoms with van der Waals surface area (Å²) in [4.78, 5) is 28.8. The van der Waals surface area contributed by atoms with Gasteiger partial charge in [-0.1, -0.05) is 12.1 Å². The Kier molecular flexibility index (Phi) is 3.81. The highest BCUT2D eigenvalue weighted by molar-refractivity contribution is 6.06. The number of imidazole rings is 1. The lowest BCUT2D eigenvalue weighted by Crippen LogP contribution is -2.39. The van der Waals surface area contributed by atoms with Gasteiger partial charge in [0.25, 0.3) is 5.91 Å². The number of hydrogen-bond donors (Lipinski definition) is 0. The van der Waals surface area contributed by atoms with Crippen LogP contribution in [0.1, 0.15) is 41.4 Å². The zero-order chi connectivity index (χ0) is 18.2. The highest BCUT2D eigenvalue weighted by Gasteiger charge is 2.30. The Labute approximate surface area is 156 Å². The molecule has 0 bridgehead atoms. The van der Waals surface area contributed by atoms with Gasteiger partial charge < -0.3 is 4.90 Å². The first-order valence-corrected chi connectivity index (χ1v) is 9.25. The van der Waals surface area contributed by atoms with Gasteiger partial charge in [0.2, 0.25) is 5.78 Å². The molecule has 0 saturated carbocycles. The minimum absolute atomic E-state index is 0.0279. The molecular formula is C21H19N5O. The molecule has 3 aromatic heterocycles. The van der Waals surface area contributed by atoms with E-state index in [1.165, 1.54) is 0 Å². The molecule has 134 valence electrons. The monoisotopic (exact) mass is 357 g/mol. The Morgan fingerprint density at radius 1 is 1.00 bits per heavy atom. The van der Waals surface area contributed by atoms with Gasteiger partial charge in [0, 0.05) is 42.3 Å². The smallest absolute Gasteiger partial charge is 0.255 e. The van der Waals surface area contributed by atoms with Crippen LogP contribution in [0.15, 0.2) is 61.2 Å². The number of aromatic nitrogens is 4. The fourth-order valence-electron chi connectivity index (χ4n) is 3.93. The number of fused-ring (bicyclic) bond motifs is 2. The van der Waals surface area contributed by atoms with E-state index >= 15 is 0 Å². The van der Waals surface area contributed by atoms with E-state index in [4.69, 9.17) is 4.98 Å². The van der Waals surface area contributed by atoms with Gasteiger partial charge in [-0.2, -0.15) is 0 Å². The van der Waals surface area contributed by atoms with Crippen LogP contribution in [-0.2, 0) is 0 Å². The quantitative estimate of drug-likeness (QED) is 0.549. The van der Waals surface area contributed by atoms with Crippen molar-refractivity contribution in [3.63, 3.8) is 0 Å². The van der Waals surface area contributed by atoms with Crippen molar-refractivity contribution in [1.82, 2.24) is 24.3 Å². The Bertz CT molecular complexity index is 1130. The molecule has 5 rings (SSSR count). The minimum atomic E-state index is -0.0279. The first-order chi connectivity index (χ1) is 13.3. The molecule has 1 unspecified atom stereocenters. The molecule has 1 amide bonds. The second-order valence-electron chi connectivity index (χ2n) is 6.87. The fourth-order valence-corrected chi connectivity index (χ4v) is 3.93. The molecule has 4 aromatic rings. The lowest BCUT2D eigenvalue weighted by atomic mass is 9.97. The van der Waals surface area contributed by atoms with Crippen LogP contribution < -0.4 is 0 Å². The molecule has 4 heterocycles. The second-order valence-corrected chi connectivity index (χ2v) is 6.87. The van der Waals surface area contributed by atoms with E-state index in [1.807, 2.05) is 58.1 Å². The molecule has 6 heteroatoms. The normalized spacial score (nSPS) is 17.5. The Morgan fingerprint density at radius 2 is 1.96 bits per heavy atom. The number of carbonyl (C=O) groups is 1. The van der Waals surface area contributed by atoms with Crippen molar-refractivity contribution in [2.45, 2.75) is 25.3 Å². The number of nitrogens with zero attached hydrogens (tertiary/aromatic N) is 5. The number of pyridine rings is 1. The number of likely N-dealkylation sites (tertiary alicyclic amines) is 1. The van der Waals surface area contributed by atoms with Crippen molar-refractivity contribution in [1.29, 1.82) is 0 Å². The predicted octanol–water partition coefficient (Wildman–Crippen LogP) is 3.64. The molecule has 1 saturated heterocycles. The van der Waals surface area contributed by atoms with Crippen LogP contribution in [0.4, 0.5) is 0 Å². The number of benzene rings is 1. The van der Waals surface area contributed by atoms with Crippen LogP contribution >= 0.6 is 0 Å². The molecule has 1 aliphatic rings. The molecule has 1 aliphatic heterocycles. The van der Waals surface area contributed by atoms with E-state index in [-0.39, 0.29) is 11.9 Å². The number of rotatable bonds is 2. The van der Waals surface area contributed by atoms with E-state index in [0.29, 0.717) is 11.3 Å². The zero-order valence-corrected chi connectivity index (χ0v) is 14.8. The number of hydrogen-bond acceptors (Lipinski definition) is 4. The van der Waals surface area contributed by atoms with E-state index in [2.05, 4.69) is 9.97 Å². The van der Waals surface area contributed by atoms with Crippen LogP contribution in [0.5, 0.6) is 0 Å². The van der Waals surface area contributed by atoms with Gasteiger partial charge in [-0.3, -0.25) is 14.2 Å². The Balaban J connectivity index is 1.55. The molecule has 1 fully saturated rings. The summed E-state index contributed by atoms with van der Waals surface area (Å²) < 4.78 is 1.88. The van der Waals surface area contributed by atoms with Crippen molar-refractivity contribution in [2.75, 3.05) is 6.54 Å². The first-order valence-electron chi connectivity index (χ1n) is 9.25. The summed E-state index contributed by atoms with van der Waals surface area (Å²) in [5, 5.41) is 0.894. The fraction of sp³-hybridized carbons (Fsp3) is 0.238. The molecule has 0 aliphatic carbocycles. The lowest BCUT2D eigenvalue weighted by Gasteiger charge is -2.35. The average molecular weight is 357 g/mol. The van der Waals surface area contributed by atoms with Crippen LogP contribution in [0.25, 0.3) is 16.7 Å². The van der Waals surface area contributed by atoms with Gasteiger partial charge in [0.05, 0.1) is 17.3 Å². The zero-order valence-electron chi connectivity index (χ0n) is 14.8. The summed E-state index contributed by atoms with van der Waals surface area (Å²) in [5.41, 5.74) is 2.45.